The van der Waals surface area contributed by atoms with E-state index in [2.05, 4.69) is 12.0 Å². The molecule has 1 atom stereocenters. The van der Waals surface area contributed by atoms with E-state index < -0.39 is 5.60 Å². The molecule has 1 rings (SSSR count). The monoisotopic (exact) mass is 182 g/mol. The van der Waals surface area contributed by atoms with Gasteiger partial charge in [0.05, 0.1) is 11.8 Å². The third-order valence-electron chi connectivity index (χ3n) is 2.13. The third-order valence-corrected chi connectivity index (χ3v) is 2.13. The zero-order valence-corrected chi connectivity index (χ0v) is 8.62. The molecule has 74 valence electrons. The summed E-state index contributed by atoms with van der Waals surface area (Å²) in [4.78, 5) is 0. The van der Waals surface area contributed by atoms with Crippen LogP contribution in [0.4, 0.5) is 0 Å². The Bertz CT molecular complexity index is 266. The van der Waals surface area contributed by atoms with Crippen LogP contribution in [-0.4, -0.2) is 20.5 Å². The van der Waals surface area contributed by atoms with Crippen LogP contribution in [0.15, 0.2) is 12.4 Å². The lowest BCUT2D eigenvalue weighted by atomic mass is 9.94. The fourth-order valence-corrected chi connectivity index (χ4v) is 1.63. The van der Waals surface area contributed by atoms with E-state index in [1.807, 2.05) is 26.4 Å². The van der Waals surface area contributed by atoms with Gasteiger partial charge in [-0.15, -0.1) is 0 Å². The summed E-state index contributed by atoms with van der Waals surface area (Å²) in [5.41, 5.74) is 0.513. The molecule has 3 heteroatoms. The van der Waals surface area contributed by atoms with Gasteiger partial charge in [0.2, 0.25) is 0 Å². The molecule has 0 aliphatic rings. The number of aliphatic hydroxyl groups is 1. The van der Waals surface area contributed by atoms with Crippen molar-refractivity contribution in [2.45, 2.75) is 38.7 Å². The van der Waals surface area contributed by atoms with E-state index in [9.17, 15) is 5.11 Å². The molecule has 0 spiro atoms. The quantitative estimate of drug-likeness (QED) is 0.766. The Morgan fingerprint density at radius 3 is 2.77 bits per heavy atom. The minimum absolute atomic E-state index is 0.586. The highest BCUT2D eigenvalue weighted by molar-refractivity contribution is 5.07. The average molecular weight is 182 g/mol. The van der Waals surface area contributed by atoms with Crippen LogP contribution in [0.2, 0.25) is 0 Å². The molecule has 0 aliphatic carbocycles. The van der Waals surface area contributed by atoms with Crippen LogP contribution in [0.25, 0.3) is 0 Å². The molecule has 0 radical (unpaired) electrons. The molecule has 0 aromatic carbocycles. The first-order chi connectivity index (χ1) is 6.03. The first kappa shape index (κ1) is 10.3. The number of aryl methyl sites for hydroxylation is 1. The lowest BCUT2D eigenvalue weighted by Crippen LogP contribution is -2.26. The fourth-order valence-electron chi connectivity index (χ4n) is 1.63. The van der Waals surface area contributed by atoms with E-state index in [0.717, 1.165) is 18.4 Å². The summed E-state index contributed by atoms with van der Waals surface area (Å²) in [5, 5.41) is 14.0. The number of hydrogen-bond acceptors (Lipinski definition) is 2. The van der Waals surface area contributed by atoms with Crippen molar-refractivity contribution in [3.63, 3.8) is 0 Å². The maximum atomic E-state index is 9.94. The van der Waals surface area contributed by atoms with Crippen molar-refractivity contribution >= 4 is 0 Å². The Hall–Kier alpha value is -0.830. The largest absolute Gasteiger partial charge is 0.390 e. The van der Waals surface area contributed by atoms with Gasteiger partial charge in [-0.05, 0) is 18.9 Å². The highest BCUT2D eigenvalue weighted by Gasteiger charge is 2.19. The Kier molecular flexibility index (Phi) is 3.09. The standard InChI is InChI=1S/C10H18N2O/c1-4-5-10(2,13)6-9-7-11-12(3)8-9/h7-8,13H,4-6H2,1-3H3. The van der Waals surface area contributed by atoms with Crippen LogP contribution in [0, 0.1) is 0 Å². The van der Waals surface area contributed by atoms with Gasteiger partial charge < -0.3 is 5.11 Å². The van der Waals surface area contributed by atoms with E-state index >= 15 is 0 Å². The van der Waals surface area contributed by atoms with Crippen molar-refractivity contribution in [1.29, 1.82) is 0 Å². The first-order valence-corrected chi connectivity index (χ1v) is 4.73. The smallest absolute Gasteiger partial charge is 0.0661 e. The van der Waals surface area contributed by atoms with Crippen LogP contribution < -0.4 is 0 Å². The molecule has 1 aromatic heterocycles. The van der Waals surface area contributed by atoms with Crippen LogP contribution in [-0.2, 0) is 13.5 Å². The maximum absolute atomic E-state index is 9.94. The van der Waals surface area contributed by atoms with E-state index in [0.29, 0.717) is 6.42 Å². The minimum atomic E-state index is -0.586. The zero-order valence-electron chi connectivity index (χ0n) is 8.62. The highest BCUT2D eigenvalue weighted by Crippen LogP contribution is 2.17. The van der Waals surface area contributed by atoms with E-state index in [4.69, 9.17) is 0 Å². The van der Waals surface area contributed by atoms with Gasteiger partial charge in [0.15, 0.2) is 0 Å². The summed E-state index contributed by atoms with van der Waals surface area (Å²) < 4.78 is 1.76. The molecule has 0 saturated carbocycles. The minimum Gasteiger partial charge on any atom is -0.390 e. The molecule has 1 heterocycles. The Morgan fingerprint density at radius 2 is 2.31 bits per heavy atom. The molecule has 0 aliphatic heterocycles. The van der Waals surface area contributed by atoms with Gasteiger partial charge in [-0.25, -0.2) is 0 Å². The first-order valence-electron chi connectivity index (χ1n) is 4.73. The topological polar surface area (TPSA) is 38.1 Å². The number of nitrogens with zero attached hydrogens (tertiary/aromatic N) is 2. The molecule has 3 nitrogen and oxygen atoms in total. The van der Waals surface area contributed by atoms with Crippen molar-refractivity contribution in [2.24, 2.45) is 7.05 Å². The predicted octanol–water partition coefficient (Wildman–Crippen LogP) is 1.51. The van der Waals surface area contributed by atoms with E-state index in [-0.39, 0.29) is 0 Å². The van der Waals surface area contributed by atoms with Gasteiger partial charge in [-0.3, -0.25) is 4.68 Å². The summed E-state index contributed by atoms with van der Waals surface area (Å²) in [5.74, 6) is 0. The number of hydrogen-bond donors (Lipinski definition) is 1. The fraction of sp³-hybridized carbons (Fsp3) is 0.700. The van der Waals surface area contributed by atoms with Crippen molar-refractivity contribution in [2.75, 3.05) is 0 Å². The summed E-state index contributed by atoms with van der Waals surface area (Å²) in [6.45, 7) is 3.96. The molecule has 0 saturated heterocycles. The summed E-state index contributed by atoms with van der Waals surface area (Å²) in [6, 6.07) is 0. The highest BCUT2D eigenvalue weighted by atomic mass is 16.3. The lowest BCUT2D eigenvalue weighted by molar-refractivity contribution is 0.0505. The van der Waals surface area contributed by atoms with Gasteiger partial charge in [0.1, 0.15) is 0 Å². The van der Waals surface area contributed by atoms with E-state index in [1.165, 1.54) is 0 Å². The normalized spacial score (nSPS) is 15.7. The molecule has 13 heavy (non-hydrogen) atoms. The molecular weight excluding hydrogens is 164 g/mol. The second-order valence-corrected chi connectivity index (χ2v) is 3.95. The number of aromatic nitrogens is 2. The molecule has 0 amide bonds. The average Bonchev–Trinajstić information content (AvgIpc) is 2.34. The van der Waals surface area contributed by atoms with Crippen LogP contribution in [0.3, 0.4) is 0 Å². The third kappa shape index (κ3) is 3.19. The maximum Gasteiger partial charge on any atom is 0.0661 e. The van der Waals surface area contributed by atoms with Gasteiger partial charge in [0, 0.05) is 19.7 Å². The Balaban J connectivity index is 2.57. The van der Waals surface area contributed by atoms with Crippen LogP contribution in [0.5, 0.6) is 0 Å². The predicted molar refractivity (Wildman–Crippen MR) is 52.4 cm³/mol. The molecule has 1 aromatic rings. The Morgan fingerprint density at radius 1 is 1.62 bits per heavy atom. The van der Waals surface area contributed by atoms with Gasteiger partial charge in [-0.2, -0.15) is 5.10 Å². The second-order valence-electron chi connectivity index (χ2n) is 3.95. The van der Waals surface area contributed by atoms with Crippen molar-refractivity contribution in [3.05, 3.63) is 18.0 Å². The molecule has 0 fully saturated rings. The summed E-state index contributed by atoms with van der Waals surface area (Å²) in [6.07, 6.45) is 6.29. The van der Waals surface area contributed by atoms with Gasteiger partial charge in [-0.1, -0.05) is 13.3 Å². The van der Waals surface area contributed by atoms with Crippen LogP contribution in [0.1, 0.15) is 32.3 Å². The molecule has 0 bridgehead atoms. The van der Waals surface area contributed by atoms with Crippen molar-refractivity contribution in [1.82, 2.24) is 9.78 Å². The molecule has 1 N–H and O–H groups in total. The van der Waals surface area contributed by atoms with Gasteiger partial charge >= 0.3 is 0 Å². The SMILES string of the molecule is CCCC(C)(O)Cc1cnn(C)c1. The summed E-state index contributed by atoms with van der Waals surface area (Å²) >= 11 is 0. The molecular formula is C10H18N2O. The van der Waals surface area contributed by atoms with Gasteiger partial charge in [0.25, 0.3) is 0 Å². The molecule has 1 unspecified atom stereocenters. The van der Waals surface area contributed by atoms with E-state index in [1.54, 1.807) is 4.68 Å². The summed E-state index contributed by atoms with van der Waals surface area (Å²) in [7, 11) is 1.89. The second kappa shape index (κ2) is 3.92. The lowest BCUT2D eigenvalue weighted by Gasteiger charge is -2.21. The van der Waals surface area contributed by atoms with Crippen molar-refractivity contribution < 1.29 is 5.11 Å². The Labute approximate surface area is 79.4 Å². The van der Waals surface area contributed by atoms with Crippen molar-refractivity contribution in [3.8, 4) is 0 Å². The van der Waals surface area contributed by atoms with Crippen LogP contribution >= 0.6 is 0 Å². The zero-order chi connectivity index (χ0) is 9.90. The number of rotatable bonds is 4.